The summed E-state index contributed by atoms with van der Waals surface area (Å²) < 4.78 is 26.8. The summed E-state index contributed by atoms with van der Waals surface area (Å²) in [5.74, 6) is 0.702. The van der Waals surface area contributed by atoms with Crippen LogP contribution >= 0.6 is 15.9 Å². The fraction of sp³-hybridized carbons (Fsp3) is 0.500. The molecule has 1 saturated carbocycles. The van der Waals surface area contributed by atoms with Gasteiger partial charge in [-0.15, -0.1) is 0 Å². The Labute approximate surface area is 110 Å². The van der Waals surface area contributed by atoms with Crippen LogP contribution in [0.25, 0.3) is 0 Å². The summed E-state index contributed by atoms with van der Waals surface area (Å²) in [5, 5.41) is 0. The van der Waals surface area contributed by atoms with Gasteiger partial charge in [-0.3, -0.25) is 4.31 Å². The number of nitrogens with zero attached hydrogens (tertiary/aromatic N) is 1. The Kier molecular flexibility index (Phi) is 2.70. The summed E-state index contributed by atoms with van der Waals surface area (Å²) in [6.45, 7) is 0.664. The van der Waals surface area contributed by atoms with Crippen molar-refractivity contribution in [2.75, 3.05) is 10.8 Å². The number of sulfonamides is 1. The highest BCUT2D eigenvalue weighted by Crippen LogP contribution is 2.38. The van der Waals surface area contributed by atoms with E-state index in [1.165, 1.54) is 6.42 Å². The molecule has 1 fully saturated rings. The molecule has 0 unspecified atom stereocenters. The molecular formula is C12H14BrNO2S. The molecule has 1 aromatic rings. The molecule has 0 spiro atoms. The standard InChI is InChI=1S/C12H14BrNO2S/c13-11-4-5-12-10(6-11)8-17(15,16)14(12)7-9-2-1-3-9/h4-6,9H,1-3,7-8H2. The van der Waals surface area contributed by atoms with Gasteiger partial charge in [0.2, 0.25) is 10.0 Å². The van der Waals surface area contributed by atoms with Crippen LogP contribution in [-0.4, -0.2) is 15.0 Å². The summed E-state index contributed by atoms with van der Waals surface area (Å²) in [6.07, 6.45) is 3.57. The van der Waals surface area contributed by atoms with Gasteiger partial charge in [0.1, 0.15) is 0 Å². The molecule has 0 amide bonds. The van der Waals surface area contributed by atoms with E-state index in [9.17, 15) is 8.42 Å². The van der Waals surface area contributed by atoms with Crippen LogP contribution in [0.1, 0.15) is 24.8 Å². The molecule has 3 nitrogen and oxygen atoms in total. The predicted octanol–water partition coefficient (Wildman–Crippen LogP) is 2.90. The van der Waals surface area contributed by atoms with E-state index in [0.29, 0.717) is 12.5 Å². The summed E-state index contributed by atoms with van der Waals surface area (Å²) in [6, 6.07) is 5.73. The Hall–Kier alpha value is -0.550. The lowest BCUT2D eigenvalue weighted by molar-refractivity contribution is 0.326. The molecule has 1 aliphatic carbocycles. The lowest BCUT2D eigenvalue weighted by Crippen LogP contribution is -2.34. The van der Waals surface area contributed by atoms with Crippen LogP contribution in [0.15, 0.2) is 22.7 Å². The number of hydrogen-bond acceptors (Lipinski definition) is 2. The lowest BCUT2D eigenvalue weighted by atomic mass is 9.85. The molecule has 2 aliphatic rings. The van der Waals surface area contributed by atoms with Crippen LogP contribution < -0.4 is 4.31 Å². The number of halogens is 1. The van der Waals surface area contributed by atoms with Gasteiger partial charge in [-0.1, -0.05) is 22.4 Å². The first-order chi connectivity index (χ1) is 8.06. The van der Waals surface area contributed by atoms with E-state index in [1.807, 2.05) is 18.2 Å². The molecule has 0 saturated heterocycles. The van der Waals surface area contributed by atoms with E-state index < -0.39 is 10.0 Å². The molecule has 1 aliphatic heterocycles. The molecule has 0 aromatic heterocycles. The van der Waals surface area contributed by atoms with Gasteiger partial charge in [0.25, 0.3) is 0 Å². The Morgan fingerprint density at radius 2 is 2.12 bits per heavy atom. The third-order valence-corrected chi connectivity index (χ3v) is 5.82. The van der Waals surface area contributed by atoms with Gasteiger partial charge < -0.3 is 0 Å². The van der Waals surface area contributed by atoms with E-state index >= 15 is 0 Å². The first-order valence-electron chi connectivity index (χ1n) is 5.85. The molecular weight excluding hydrogens is 302 g/mol. The highest BCUT2D eigenvalue weighted by Gasteiger charge is 2.35. The lowest BCUT2D eigenvalue weighted by Gasteiger charge is -2.30. The second-order valence-corrected chi connectivity index (χ2v) is 7.67. The Balaban J connectivity index is 1.96. The van der Waals surface area contributed by atoms with Crippen molar-refractivity contribution in [3.63, 3.8) is 0 Å². The molecule has 5 heteroatoms. The van der Waals surface area contributed by atoms with Crippen LogP contribution in [0.5, 0.6) is 0 Å². The monoisotopic (exact) mass is 315 g/mol. The molecule has 1 heterocycles. The van der Waals surface area contributed by atoms with E-state index in [4.69, 9.17) is 0 Å². The number of anilines is 1. The Morgan fingerprint density at radius 1 is 1.35 bits per heavy atom. The second-order valence-electron chi connectivity index (χ2n) is 4.86. The fourth-order valence-electron chi connectivity index (χ4n) is 2.46. The van der Waals surface area contributed by atoms with E-state index in [2.05, 4.69) is 15.9 Å². The molecule has 92 valence electrons. The molecule has 0 atom stereocenters. The van der Waals surface area contributed by atoms with Gasteiger partial charge in [-0.25, -0.2) is 8.42 Å². The maximum Gasteiger partial charge on any atom is 0.239 e. The van der Waals surface area contributed by atoms with Crippen molar-refractivity contribution in [1.82, 2.24) is 0 Å². The predicted molar refractivity (Wildman–Crippen MR) is 71.5 cm³/mol. The number of rotatable bonds is 2. The third kappa shape index (κ3) is 1.99. The topological polar surface area (TPSA) is 37.4 Å². The Morgan fingerprint density at radius 3 is 2.76 bits per heavy atom. The highest BCUT2D eigenvalue weighted by molar-refractivity contribution is 9.10. The van der Waals surface area contributed by atoms with Crippen molar-refractivity contribution in [1.29, 1.82) is 0 Å². The van der Waals surface area contributed by atoms with E-state index in [-0.39, 0.29) is 5.75 Å². The molecule has 0 radical (unpaired) electrons. The maximum absolute atomic E-state index is 12.1. The van der Waals surface area contributed by atoms with Crippen LogP contribution in [0.4, 0.5) is 5.69 Å². The van der Waals surface area contributed by atoms with E-state index in [1.54, 1.807) is 4.31 Å². The maximum atomic E-state index is 12.1. The van der Waals surface area contributed by atoms with Gasteiger partial charge in [-0.05, 0) is 42.5 Å². The second kappa shape index (κ2) is 3.99. The van der Waals surface area contributed by atoms with Crippen molar-refractivity contribution in [3.05, 3.63) is 28.2 Å². The molecule has 0 bridgehead atoms. The average Bonchev–Trinajstić information content (AvgIpc) is 2.41. The Bertz CT molecular complexity index is 552. The van der Waals surface area contributed by atoms with Crippen molar-refractivity contribution in [2.45, 2.75) is 25.0 Å². The zero-order valence-corrected chi connectivity index (χ0v) is 11.8. The van der Waals surface area contributed by atoms with Gasteiger partial charge in [0.15, 0.2) is 0 Å². The van der Waals surface area contributed by atoms with Gasteiger partial charge >= 0.3 is 0 Å². The summed E-state index contributed by atoms with van der Waals surface area (Å²) in [7, 11) is -3.12. The largest absolute Gasteiger partial charge is 0.269 e. The quantitative estimate of drug-likeness (QED) is 0.841. The highest BCUT2D eigenvalue weighted by atomic mass is 79.9. The van der Waals surface area contributed by atoms with Crippen molar-refractivity contribution >= 4 is 31.6 Å². The number of hydrogen-bond donors (Lipinski definition) is 0. The smallest absolute Gasteiger partial charge is 0.239 e. The minimum atomic E-state index is -3.12. The molecule has 3 rings (SSSR count). The fourth-order valence-corrected chi connectivity index (χ4v) is 4.56. The number of benzene rings is 1. The zero-order chi connectivity index (χ0) is 12.0. The van der Waals surface area contributed by atoms with Gasteiger partial charge in [0, 0.05) is 11.0 Å². The number of fused-ring (bicyclic) bond motifs is 1. The average molecular weight is 316 g/mol. The van der Waals surface area contributed by atoms with Gasteiger partial charge in [-0.2, -0.15) is 0 Å². The third-order valence-electron chi connectivity index (χ3n) is 3.63. The van der Waals surface area contributed by atoms with Crippen LogP contribution in [0.2, 0.25) is 0 Å². The molecule has 17 heavy (non-hydrogen) atoms. The first-order valence-corrected chi connectivity index (χ1v) is 8.25. The zero-order valence-electron chi connectivity index (χ0n) is 9.39. The molecule has 0 N–H and O–H groups in total. The summed E-state index contributed by atoms with van der Waals surface area (Å²) >= 11 is 3.38. The van der Waals surface area contributed by atoms with Crippen LogP contribution in [-0.2, 0) is 15.8 Å². The summed E-state index contributed by atoms with van der Waals surface area (Å²) in [4.78, 5) is 0. The van der Waals surface area contributed by atoms with Crippen molar-refractivity contribution < 1.29 is 8.42 Å². The minimum Gasteiger partial charge on any atom is -0.269 e. The summed E-state index contributed by atoms with van der Waals surface area (Å²) in [5.41, 5.74) is 1.79. The van der Waals surface area contributed by atoms with Crippen molar-refractivity contribution in [3.8, 4) is 0 Å². The SMILES string of the molecule is O=S1(=O)Cc2cc(Br)ccc2N1CC1CCC1. The van der Waals surface area contributed by atoms with Gasteiger partial charge in [0.05, 0.1) is 11.4 Å². The normalized spacial score (nSPS) is 22.3. The van der Waals surface area contributed by atoms with Crippen LogP contribution in [0, 0.1) is 5.92 Å². The van der Waals surface area contributed by atoms with E-state index in [0.717, 1.165) is 28.6 Å². The first kappa shape index (κ1) is 11.5. The molecule has 1 aromatic carbocycles. The minimum absolute atomic E-state index is 0.147. The van der Waals surface area contributed by atoms with Crippen LogP contribution in [0.3, 0.4) is 0 Å². The van der Waals surface area contributed by atoms with Crippen molar-refractivity contribution in [2.24, 2.45) is 5.92 Å².